The van der Waals surface area contributed by atoms with Gasteiger partial charge in [-0.25, -0.2) is 0 Å². The molecule has 5 nitrogen and oxygen atoms in total. The van der Waals surface area contributed by atoms with Crippen molar-refractivity contribution in [3.63, 3.8) is 0 Å². The molecule has 162 valence electrons. The van der Waals surface area contributed by atoms with Gasteiger partial charge >= 0.3 is 0 Å². The summed E-state index contributed by atoms with van der Waals surface area (Å²) in [5.74, 6) is 0. The third kappa shape index (κ3) is 5.03. The standard InChI is InChI=1S/C24H33N3O2S/c1-16-11-17(2)21-13-18(23(28)26-22(21)12-16)14-27(15-20-9-6-10-29-20)24(30)25-19-7-4-3-5-8-19/h11-13,19-20H,3-10,14-15H2,1-2H3,(H,25,30)(H,26,28)/t20-/m1/s1. The average Bonchev–Trinajstić information content (AvgIpc) is 3.22. The van der Waals surface area contributed by atoms with E-state index >= 15 is 0 Å². The molecule has 2 N–H and O–H groups in total. The Morgan fingerprint density at radius 1 is 1.17 bits per heavy atom. The number of hydrogen-bond donors (Lipinski definition) is 2. The maximum Gasteiger partial charge on any atom is 0.253 e. The Hall–Kier alpha value is -1.92. The lowest BCUT2D eigenvalue weighted by molar-refractivity contribution is 0.0894. The minimum atomic E-state index is -0.0368. The van der Waals surface area contributed by atoms with Gasteiger partial charge in [0.15, 0.2) is 5.11 Å². The van der Waals surface area contributed by atoms with Gasteiger partial charge in [-0.05, 0) is 75.0 Å². The van der Waals surface area contributed by atoms with Crippen LogP contribution in [0.15, 0.2) is 23.0 Å². The molecule has 1 aromatic carbocycles. The number of nitrogens with zero attached hydrogens (tertiary/aromatic N) is 1. The molecule has 0 radical (unpaired) electrons. The molecule has 2 aliphatic rings. The number of aromatic amines is 1. The summed E-state index contributed by atoms with van der Waals surface area (Å²) >= 11 is 5.82. The van der Waals surface area contributed by atoms with Crippen LogP contribution in [0.5, 0.6) is 0 Å². The molecular formula is C24H33N3O2S. The molecular weight excluding hydrogens is 394 g/mol. The first-order chi connectivity index (χ1) is 14.5. The summed E-state index contributed by atoms with van der Waals surface area (Å²) < 4.78 is 5.88. The average molecular weight is 428 g/mol. The highest BCUT2D eigenvalue weighted by Crippen LogP contribution is 2.21. The Bertz CT molecular complexity index is 959. The number of nitrogens with one attached hydrogen (secondary N) is 2. The molecule has 2 aromatic rings. The van der Waals surface area contributed by atoms with Gasteiger partial charge in [-0.15, -0.1) is 0 Å². The quantitative estimate of drug-likeness (QED) is 0.696. The van der Waals surface area contributed by atoms with E-state index < -0.39 is 0 Å². The topological polar surface area (TPSA) is 57.4 Å². The first kappa shape index (κ1) is 21.3. The van der Waals surface area contributed by atoms with Crippen molar-refractivity contribution in [2.24, 2.45) is 0 Å². The normalized spacial score (nSPS) is 19.9. The predicted molar refractivity (Wildman–Crippen MR) is 126 cm³/mol. The van der Waals surface area contributed by atoms with Gasteiger partial charge in [-0.3, -0.25) is 4.79 Å². The van der Waals surface area contributed by atoms with E-state index in [-0.39, 0.29) is 11.7 Å². The first-order valence-electron chi connectivity index (χ1n) is 11.3. The molecule has 4 rings (SSSR count). The lowest BCUT2D eigenvalue weighted by Gasteiger charge is -2.32. The van der Waals surface area contributed by atoms with Crippen molar-refractivity contribution in [2.45, 2.75) is 77.5 Å². The summed E-state index contributed by atoms with van der Waals surface area (Å²) in [6.45, 7) is 6.19. The summed E-state index contributed by atoms with van der Waals surface area (Å²) in [6.07, 6.45) is 8.50. The molecule has 0 unspecified atom stereocenters. The van der Waals surface area contributed by atoms with Gasteiger partial charge in [0.2, 0.25) is 0 Å². The van der Waals surface area contributed by atoms with Gasteiger partial charge in [0.1, 0.15) is 0 Å². The Kier molecular flexibility index (Phi) is 6.74. The molecule has 1 aliphatic heterocycles. The van der Waals surface area contributed by atoms with E-state index in [1.807, 2.05) is 12.1 Å². The van der Waals surface area contributed by atoms with Crippen molar-refractivity contribution in [1.29, 1.82) is 0 Å². The van der Waals surface area contributed by atoms with E-state index in [1.165, 1.54) is 37.7 Å². The van der Waals surface area contributed by atoms with Crippen LogP contribution in [0.1, 0.15) is 61.6 Å². The number of fused-ring (bicyclic) bond motifs is 1. The highest BCUT2D eigenvalue weighted by molar-refractivity contribution is 7.80. The summed E-state index contributed by atoms with van der Waals surface area (Å²) in [7, 11) is 0. The number of hydrogen-bond acceptors (Lipinski definition) is 3. The Morgan fingerprint density at radius 2 is 1.97 bits per heavy atom. The number of rotatable bonds is 5. The fraction of sp³-hybridized carbons (Fsp3) is 0.583. The number of benzene rings is 1. The summed E-state index contributed by atoms with van der Waals surface area (Å²) in [4.78, 5) is 18.1. The fourth-order valence-corrected chi connectivity index (χ4v) is 5.11. The molecule has 0 spiro atoms. The second kappa shape index (κ2) is 9.48. The molecule has 1 saturated heterocycles. The van der Waals surface area contributed by atoms with Crippen LogP contribution < -0.4 is 10.9 Å². The highest BCUT2D eigenvalue weighted by Gasteiger charge is 2.24. The van der Waals surface area contributed by atoms with E-state index in [9.17, 15) is 4.79 Å². The molecule has 6 heteroatoms. The van der Waals surface area contributed by atoms with Crippen LogP contribution in [0.2, 0.25) is 0 Å². The summed E-state index contributed by atoms with van der Waals surface area (Å²) in [5, 5.41) is 5.42. The van der Waals surface area contributed by atoms with Crippen LogP contribution in [0.3, 0.4) is 0 Å². The van der Waals surface area contributed by atoms with Crippen molar-refractivity contribution < 1.29 is 4.74 Å². The molecule has 1 aromatic heterocycles. The summed E-state index contributed by atoms with van der Waals surface area (Å²) in [5.41, 5.74) is 3.94. The largest absolute Gasteiger partial charge is 0.376 e. The molecule has 1 saturated carbocycles. The van der Waals surface area contributed by atoms with Crippen LogP contribution in [0.4, 0.5) is 0 Å². The number of pyridine rings is 1. The lowest BCUT2D eigenvalue weighted by atomic mass is 9.96. The van der Waals surface area contributed by atoms with Crippen molar-refractivity contribution in [3.05, 3.63) is 45.2 Å². The van der Waals surface area contributed by atoms with Gasteiger partial charge in [0, 0.05) is 35.7 Å². The van der Waals surface area contributed by atoms with E-state index in [1.54, 1.807) is 0 Å². The Balaban J connectivity index is 1.57. The van der Waals surface area contributed by atoms with Crippen molar-refractivity contribution in [1.82, 2.24) is 15.2 Å². The SMILES string of the molecule is Cc1cc(C)c2cc(CN(C[C@H]3CCCO3)C(=S)NC3CCCCC3)c(=O)[nH]c2c1. The van der Waals surface area contributed by atoms with Gasteiger partial charge in [-0.2, -0.15) is 0 Å². The first-order valence-corrected chi connectivity index (χ1v) is 11.7. The number of thiocarbonyl (C=S) groups is 1. The minimum Gasteiger partial charge on any atom is -0.376 e. The van der Waals surface area contributed by atoms with Gasteiger partial charge in [0.05, 0.1) is 12.6 Å². The van der Waals surface area contributed by atoms with Crippen LogP contribution in [-0.2, 0) is 11.3 Å². The molecule has 0 amide bonds. The number of ether oxygens (including phenoxy) is 1. The zero-order valence-corrected chi connectivity index (χ0v) is 18.9. The molecule has 2 heterocycles. The number of H-pyrrole nitrogens is 1. The van der Waals surface area contributed by atoms with Crippen molar-refractivity contribution >= 4 is 28.2 Å². The van der Waals surface area contributed by atoms with Crippen LogP contribution in [0, 0.1) is 13.8 Å². The number of aryl methyl sites for hydroxylation is 2. The number of aromatic nitrogens is 1. The summed E-state index contributed by atoms with van der Waals surface area (Å²) in [6, 6.07) is 6.67. The second-order valence-corrected chi connectivity index (χ2v) is 9.35. The van der Waals surface area contributed by atoms with Crippen molar-refractivity contribution in [3.8, 4) is 0 Å². The zero-order chi connectivity index (χ0) is 21.1. The molecule has 30 heavy (non-hydrogen) atoms. The van der Waals surface area contributed by atoms with Crippen LogP contribution in [0.25, 0.3) is 10.9 Å². The highest BCUT2D eigenvalue weighted by atomic mass is 32.1. The molecule has 2 fully saturated rings. The van der Waals surface area contributed by atoms with Gasteiger partial charge < -0.3 is 19.9 Å². The van der Waals surface area contributed by atoms with E-state index in [2.05, 4.69) is 35.1 Å². The fourth-order valence-electron chi connectivity index (χ4n) is 4.81. The molecule has 1 aliphatic carbocycles. The van der Waals surface area contributed by atoms with E-state index in [4.69, 9.17) is 17.0 Å². The maximum absolute atomic E-state index is 12.9. The van der Waals surface area contributed by atoms with Crippen LogP contribution in [-0.4, -0.2) is 40.3 Å². The smallest absolute Gasteiger partial charge is 0.253 e. The third-order valence-electron chi connectivity index (χ3n) is 6.42. The van der Waals surface area contributed by atoms with Gasteiger partial charge in [0.25, 0.3) is 5.56 Å². The predicted octanol–water partition coefficient (Wildman–Crippen LogP) is 4.33. The second-order valence-electron chi connectivity index (χ2n) is 8.97. The van der Waals surface area contributed by atoms with Crippen molar-refractivity contribution in [2.75, 3.05) is 13.2 Å². The lowest BCUT2D eigenvalue weighted by Crippen LogP contribution is -2.47. The van der Waals surface area contributed by atoms with E-state index in [0.717, 1.165) is 53.1 Å². The third-order valence-corrected chi connectivity index (χ3v) is 6.79. The Morgan fingerprint density at radius 3 is 2.70 bits per heavy atom. The molecule has 1 atom stereocenters. The van der Waals surface area contributed by atoms with Gasteiger partial charge in [-0.1, -0.05) is 25.3 Å². The maximum atomic E-state index is 12.9. The van der Waals surface area contributed by atoms with Crippen LogP contribution >= 0.6 is 12.2 Å². The van der Waals surface area contributed by atoms with E-state index in [0.29, 0.717) is 12.6 Å². The molecule has 0 bridgehead atoms. The minimum absolute atomic E-state index is 0.0368. The zero-order valence-electron chi connectivity index (χ0n) is 18.1. The Labute approximate surface area is 184 Å². The monoisotopic (exact) mass is 427 g/mol.